The summed E-state index contributed by atoms with van der Waals surface area (Å²) in [7, 11) is 3.31. The van der Waals surface area contributed by atoms with Gasteiger partial charge in [-0.2, -0.15) is 0 Å². The molecular weight excluding hydrogens is 200 g/mol. The summed E-state index contributed by atoms with van der Waals surface area (Å²) in [6.45, 7) is 1.91. The van der Waals surface area contributed by atoms with Gasteiger partial charge in [0.05, 0.1) is 0 Å². The Hall–Kier alpha value is -1.22. The molecule has 1 N–H and O–H groups in total. The van der Waals surface area contributed by atoms with Crippen LogP contribution in [0, 0.1) is 6.92 Å². The zero-order chi connectivity index (χ0) is 10.7. The number of aryl methyl sites for hydroxylation is 1. The molecule has 0 aliphatic carbocycles. The second-order valence-corrected chi connectivity index (χ2v) is 3.45. The SMILES string of the molecule is CNC(=O)N(C)c1ccc(Cl)c(C)c1. The van der Waals surface area contributed by atoms with Crippen LogP contribution >= 0.6 is 11.6 Å². The Kier molecular flexibility index (Phi) is 3.36. The van der Waals surface area contributed by atoms with E-state index in [2.05, 4.69) is 5.32 Å². The van der Waals surface area contributed by atoms with E-state index in [1.54, 1.807) is 20.2 Å². The van der Waals surface area contributed by atoms with Gasteiger partial charge in [-0.15, -0.1) is 0 Å². The molecule has 0 saturated heterocycles. The Labute approximate surface area is 88.7 Å². The number of carbonyl (C=O) groups is 1. The number of rotatable bonds is 1. The molecule has 0 aliphatic rings. The van der Waals surface area contributed by atoms with Crippen molar-refractivity contribution in [2.45, 2.75) is 6.92 Å². The number of benzene rings is 1. The fraction of sp³-hybridized carbons (Fsp3) is 0.300. The van der Waals surface area contributed by atoms with Gasteiger partial charge in [-0.3, -0.25) is 4.90 Å². The zero-order valence-corrected chi connectivity index (χ0v) is 9.22. The van der Waals surface area contributed by atoms with Crippen LogP contribution in [0.3, 0.4) is 0 Å². The molecule has 1 aromatic carbocycles. The summed E-state index contributed by atoms with van der Waals surface area (Å²) in [5.74, 6) is 0. The predicted molar refractivity (Wildman–Crippen MR) is 59.0 cm³/mol. The summed E-state index contributed by atoms with van der Waals surface area (Å²) in [5.41, 5.74) is 1.78. The first kappa shape index (κ1) is 10.9. The number of nitrogens with zero attached hydrogens (tertiary/aromatic N) is 1. The highest BCUT2D eigenvalue weighted by atomic mass is 35.5. The van der Waals surface area contributed by atoms with Gasteiger partial charge in [0, 0.05) is 24.8 Å². The molecule has 0 atom stereocenters. The molecule has 1 rings (SSSR count). The van der Waals surface area contributed by atoms with E-state index in [0.29, 0.717) is 5.02 Å². The van der Waals surface area contributed by atoms with Crippen molar-refractivity contribution in [2.75, 3.05) is 19.0 Å². The van der Waals surface area contributed by atoms with E-state index in [1.807, 2.05) is 19.1 Å². The molecule has 0 aromatic heterocycles. The lowest BCUT2D eigenvalue weighted by molar-refractivity contribution is 0.249. The van der Waals surface area contributed by atoms with Crippen LogP contribution in [-0.4, -0.2) is 20.1 Å². The minimum atomic E-state index is -0.147. The van der Waals surface area contributed by atoms with E-state index < -0.39 is 0 Å². The van der Waals surface area contributed by atoms with Gasteiger partial charge in [-0.1, -0.05) is 11.6 Å². The third kappa shape index (κ3) is 2.17. The largest absolute Gasteiger partial charge is 0.341 e. The average molecular weight is 213 g/mol. The number of carbonyl (C=O) groups excluding carboxylic acids is 1. The van der Waals surface area contributed by atoms with Crippen LogP contribution < -0.4 is 10.2 Å². The van der Waals surface area contributed by atoms with E-state index in [-0.39, 0.29) is 6.03 Å². The molecule has 0 spiro atoms. The molecule has 3 nitrogen and oxygen atoms in total. The Bertz CT molecular complexity index is 352. The lowest BCUT2D eigenvalue weighted by Gasteiger charge is -2.17. The molecule has 0 unspecified atom stereocenters. The summed E-state index contributed by atoms with van der Waals surface area (Å²) in [4.78, 5) is 12.8. The Morgan fingerprint density at radius 3 is 2.64 bits per heavy atom. The maximum Gasteiger partial charge on any atom is 0.321 e. The number of urea groups is 1. The first-order valence-electron chi connectivity index (χ1n) is 4.28. The quantitative estimate of drug-likeness (QED) is 0.762. The van der Waals surface area contributed by atoms with Gasteiger partial charge in [0.25, 0.3) is 0 Å². The van der Waals surface area contributed by atoms with Crippen LogP contribution in [0.1, 0.15) is 5.56 Å². The number of nitrogens with one attached hydrogen (secondary N) is 1. The summed E-state index contributed by atoms with van der Waals surface area (Å²) < 4.78 is 0. The van der Waals surface area contributed by atoms with Gasteiger partial charge in [0.15, 0.2) is 0 Å². The Morgan fingerprint density at radius 1 is 1.50 bits per heavy atom. The number of anilines is 1. The molecule has 76 valence electrons. The van der Waals surface area contributed by atoms with Crippen LogP contribution in [0.5, 0.6) is 0 Å². The summed E-state index contributed by atoms with van der Waals surface area (Å²) >= 11 is 5.88. The van der Waals surface area contributed by atoms with Gasteiger partial charge >= 0.3 is 6.03 Å². The van der Waals surface area contributed by atoms with Crippen LogP contribution in [0.4, 0.5) is 10.5 Å². The van der Waals surface area contributed by atoms with E-state index in [0.717, 1.165) is 11.3 Å². The van der Waals surface area contributed by atoms with E-state index in [9.17, 15) is 4.79 Å². The van der Waals surface area contributed by atoms with Gasteiger partial charge in [-0.05, 0) is 30.7 Å². The molecule has 2 amide bonds. The van der Waals surface area contributed by atoms with Crippen LogP contribution in [0.25, 0.3) is 0 Å². The second-order valence-electron chi connectivity index (χ2n) is 3.05. The maximum absolute atomic E-state index is 11.3. The maximum atomic E-state index is 11.3. The van der Waals surface area contributed by atoms with Crippen LogP contribution in [-0.2, 0) is 0 Å². The Balaban J connectivity index is 2.96. The molecule has 0 aliphatic heterocycles. The van der Waals surface area contributed by atoms with Crippen molar-refractivity contribution in [1.29, 1.82) is 0 Å². The summed E-state index contributed by atoms with van der Waals surface area (Å²) in [6, 6.07) is 5.32. The zero-order valence-electron chi connectivity index (χ0n) is 8.47. The number of amides is 2. The number of hydrogen-bond acceptors (Lipinski definition) is 1. The number of hydrogen-bond donors (Lipinski definition) is 1. The first-order chi connectivity index (χ1) is 6.56. The normalized spacial score (nSPS) is 9.71. The standard InChI is InChI=1S/C10H13ClN2O/c1-7-6-8(4-5-9(7)11)13(3)10(14)12-2/h4-6H,1-3H3,(H,12,14). The second kappa shape index (κ2) is 4.33. The van der Waals surface area contributed by atoms with Crippen molar-refractivity contribution < 1.29 is 4.79 Å². The fourth-order valence-corrected chi connectivity index (χ4v) is 1.24. The van der Waals surface area contributed by atoms with Crippen molar-refractivity contribution in [3.63, 3.8) is 0 Å². The van der Waals surface area contributed by atoms with E-state index in [4.69, 9.17) is 11.6 Å². The van der Waals surface area contributed by atoms with Crippen molar-refractivity contribution in [2.24, 2.45) is 0 Å². The smallest absolute Gasteiger partial charge is 0.321 e. The molecule has 0 heterocycles. The Morgan fingerprint density at radius 2 is 2.14 bits per heavy atom. The van der Waals surface area contributed by atoms with Gasteiger partial charge in [-0.25, -0.2) is 4.79 Å². The predicted octanol–water partition coefficient (Wildman–Crippen LogP) is 2.42. The molecule has 0 saturated carbocycles. The topological polar surface area (TPSA) is 32.3 Å². The highest BCUT2D eigenvalue weighted by Crippen LogP contribution is 2.21. The van der Waals surface area contributed by atoms with Crippen LogP contribution in [0.2, 0.25) is 5.02 Å². The lowest BCUT2D eigenvalue weighted by atomic mass is 10.2. The highest BCUT2D eigenvalue weighted by molar-refractivity contribution is 6.31. The van der Waals surface area contributed by atoms with E-state index in [1.165, 1.54) is 4.90 Å². The minimum Gasteiger partial charge on any atom is -0.341 e. The van der Waals surface area contributed by atoms with Gasteiger partial charge < -0.3 is 5.32 Å². The molecule has 0 radical (unpaired) electrons. The monoisotopic (exact) mass is 212 g/mol. The average Bonchev–Trinajstić information content (AvgIpc) is 2.20. The molecular formula is C10H13ClN2O. The van der Waals surface area contributed by atoms with Gasteiger partial charge in [0.1, 0.15) is 0 Å². The molecule has 0 fully saturated rings. The van der Waals surface area contributed by atoms with Crippen molar-refractivity contribution in [3.05, 3.63) is 28.8 Å². The molecule has 1 aromatic rings. The first-order valence-corrected chi connectivity index (χ1v) is 4.65. The minimum absolute atomic E-state index is 0.147. The van der Waals surface area contributed by atoms with Crippen molar-refractivity contribution >= 4 is 23.3 Å². The highest BCUT2D eigenvalue weighted by Gasteiger charge is 2.08. The third-order valence-electron chi connectivity index (χ3n) is 2.05. The molecule has 14 heavy (non-hydrogen) atoms. The van der Waals surface area contributed by atoms with E-state index >= 15 is 0 Å². The molecule has 4 heteroatoms. The number of halogens is 1. The van der Waals surface area contributed by atoms with Crippen molar-refractivity contribution in [1.82, 2.24) is 5.32 Å². The third-order valence-corrected chi connectivity index (χ3v) is 2.47. The van der Waals surface area contributed by atoms with Crippen molar-refractivity contribution in [3.8, 4) is 0 Å². The fourth-order valence-electron chi connectivity index (χ4n) is 1.12. The summed E-state index contributed by atoms with van der Waals surface area (Å²) in [6.07, 6.45) is 0. The van der Waals surface area contributed by atoms with Crippen LogP contribution in [0.15, 0.2) is 18.2 Å². The molecule has 0 bridgehead atoms. The van der Waals surface area contributed by atoms with Gasteiger partial charge in [0.2, 0.25) is 0 Å². The lowest BCUT2D eigenvalue weighted by Crippen LogP contribution is -2.34. The summed E-state index contributed by atoms with van der Waals surface area (Å²) in [5, 5.41) is 3.26.